The maximum atomic E-state index is 12.2. The molecule has 3 nitrogen and oxygen atoms in total. The number of carbonyl (C=O) groups excluding carboxylic acids is 1. The third-order valence-electron chi connectivity index (χ3n) is 3.13. The highest BCUT2D eigenvalue weighted by molar-refractivity contribution is 6.04. The first-order chi connectivity index (χ1) is 9.66. The Labute approximate surface area is 120 Å². The highest BCUT2D eigenvalue weighted by atomic mass is 16.1. The molecule has 104 valence electrons. The largest absolute Gasteiger partial charge is 0.322 e. The molecular weight excluding hydrogens is 248 g/mol. The summed E-state index contributed by atoms with van der Waals surface area (Å²) in [6.45, 7) is 0.957. The zero-order valence-electron chi connectivity index (χ0n) is 12.0. The van der Waals surface area contributed by atoms with Gasteiger partial charge >= 0.3 is 0 Å². The summed E-state index contributed by atoms with van der Waals surface area (Å²) < 4.78 is 0. The molecule has 0 aliphatic heterocycles. The highest BCUT2D eigenvalue weighted by Gasteiger charge is 2.08. The van der Waals surface area contributed by atoms with E-state index < -0.39 is 0 Å². The molecule has 1 amide bonds. The molecule has 0 fully saturated rings. The summed E-state index contributed by atoms with van der Waals surface area (Å²) in [6, 6.07) is 17.2. The number of anilines is 1. The number of hydrogen-bond donors (Lipinski definition) is 1. The van der Waals surface area contributed by atoms with Gasteiger partial charge in [-0.1, -0.05) is 36.4 Å². The molecule has 0 aromatic heterocycles. The van der Waals surface area contributed by atoms with E-state index in [9.17, 15) is 4.79 Å². The second-order valence-electron chi connectivity index (χ2n) is 5.03. The fraction of sp³-hybridized carbons (Fsp3) is 0.235. The molecule has 0 aliphatic rings. The van der Waals surface area contributed by atoms with Crippen LogP contribution in [0.2, 0.25) is 0 Å². The second kappa shape index (κ2) is 6.87. The van der Waals surface area contributed by atoms with Crippen LogP contribution in [-0.2, 0) is 6.42 Å². The minimum Gasteiger partial charge on any atom is -0.322 e. The van der Waals surface area contributed by atoms with Crippen LogP contribution in [0.25, 0.3) is 0 Å². The van der Waals surface area contributed by atoms with Crippen molar-refractivity contribution in [1.82, 2.24) is 4.90 Å². The van der Waals surface area contributed by atoms with Gasteiger partial charge in [-0.2, -0.15) is 0 Å². The molecule has 0 unspecified atom stereocenters. The van der Waals surface area contributed by atoms with Crippen molar-refractivity contribution in [3.8, 4) is 0 Å². The molecule has 2 aromatic carbocycles. The Balaban J connectivity index is 2.11. The van der Waals surface area contributed by atoms with Gasteiger partial charge in [-0.15, -0.1) is 0 Å². The fourth-order valence-electron chi connectivity index (χ4n) is 1.99. The highest BCUT2D eigenvalue weighted by Crippen LogP contribution is 2.17. The van der Waals surface area contributed by atoms with E-state index in [1.165, 1.54) is 0 Å². The van der Waals surface area contributed by atoms with E-state index in [2.05, 4.69) is 16.3 Å². The van der Waals surface area contributed by atoms with Crippen LogP contribution in [0, 0.1) is 0 Å². The quantitative estimate of drug-likeness (QED) is 0.904. The molecule has 0 aliphatic carbocycles. The number of benzene rings is 2. The van der Waals surface area contributed by atoms with Crippen molar-refractivity contribution >= 4 is 11.6 Å². The summed E-state index contributed by atoms with van der Waals surface area (Å²) >= 11 is 0. The van der Waals surface area contributed by atoms with Gasteiger partial charge in [0.1, 0.15) is 0 Å². The number of para-hydroxylation sites is 1. The molecule has 2 aromatic rings. The molecule has 0 heterocycles. The van der Waals surface area contributed by atoms with Crippen molar-refractivity contribution < 1.29 is 4.79 Å². The van der Waals surface area contributed by atoms with Crippen LogP contribution in [0.15, 0.2) is 54.6 Å². The molecule has 20 heavy (non-hydrogen) atoms. The van der Waals surface area contributed by atoms with E-state index in [0.29, 0.717) is 5.56 Å². The minimum atomic E-state index is -0.0668. The number of likely N-dealkylation sites (N-methyl/N-ethyl adjacent to an activating group) is 1. The van der Waals surface area contributed by atoms with Gasteiger partial charge in [0.2, 0.25) is 0 Å². The lowest BCUT2D eigenvalue weighted by Gasteiger charge is -2.13. The third kappa shape index (κ3) is 3.93. The Morgan fingerprint density at radius 2 is 1.65 bits per heavy atom. The first-order valence-corrected chi connectivity index (χ1v) is 6.76. The Bertz CT molecular complexity index is 564. The van der Waals surface area contributed by atoms with Gasteiger partial charge in [0.05, 0.1) is 0 Å². The first kappa shape index (κ1) is 14.3. The van der Waals surface area contributed by atoms with Crippen LogP contribution >= 0.6 is 0 Å². The second-order valence-corrected chi connectivity index (χ2v) is 5.03. The average molecular weight is 268 g/mol. The van der Waals surface area contributed by atoms with Crippen LogP contribution in [0.3, 0.4) is 0 Å². The Hall–Kier alpha value is -2.13. The van der Waals surface area contributed by atoms with E-state index in [-0.39, 0.29) is 5.91 Å². The topological polar surface area (TPSA) is 32.3 Å². The monoisotopic (exact) mass is 268 g/mol. The molecule has 0 radical (unpaired) electrons. The van der Waals surface area contributed by atoms with E-state index in [1.54, 1.807) is 0 Å². The normalized spacial score (nSPS) is 10.6. The van der Waals surface area contributed by atoms with Crippen LogP contribution in [-0.4, -0.2) is 31.4 Å². The van der Waals surface area contributed by atoms with Crippen molar-refractivity contribution in [2.45, 2.75) is 6.42 Å². The predicted molar refractivity (Wildman–Crippen MR) is 83.1 cm³/mol. The summed E-state index contributed by atoms with van der Waals surface area (Å²) in [4.78, 5) is 14.3. The lowest BCUT2D eigenvalue weighted by molar-refractivity contribution is 0.102. The summed E-state index contributed by atoms with van der Waals surface area (Å²) in [5, 5.41) is 2.99. The summed E-state index contributed by atoms with van der Waals surface area (Å²) in [5.74, 6) is -0.0668. The van der Waals surface area contributed by atoms with Gasteiger partial charge in [0.15, 0.2) is 0 Å². The van der Waals surface area contributed by atoms with Gasteiger partial charge < -0.3 is 10.2 Å². The lowest BCUT2D eigenvalue weighted by Crippen LogP contribution is -2.17. The van der Waals surface area contributed by atoms with Crippen LogP contribution in [0.4, 0.5) is 5.69 Å². The van der Waals surface area contributed by atoms with Gasteiger partial charge in [-0.3, -0.25) is 4.79 Å². The molecule has 1 N–H and O–H groups in total. The van der Waals surface area contributed by atoms with Crippen LogP contribution in [0.5, 0.6) is 0 Å². The Morgan fingerprint density at radius 3 is 2.35 bits per heavy atom. The lowest BCUT2D eigenvalue weighted by atomic mass is 10.1. The Kier molecular flexibility index (Phi) is 4.91. The van der Waals surface area contributed by atoms with Gasteiger partial charge in [-0.05, 0) is 44.3 Å². The summed E-state index contributed by atoms with van der Waals surface area (Å²) in [7, 11) is 4.09. The average Bonchev–Trinajstić information content (AvgIpc) is 2.47. The fourth-order valence-corrected chi connectivity index (χ4v) is 1.99. The number of carbonyl (C=O) groups is 1. The number of rotatable bonds is 5. The number of amides is 1. The smallest absolute Gasteiger partial charge is 0.255 e. The van der Waals surface area contributed by atoms with E-state index in [4.69, 9.17) is 0 Å². The van der Waals surface area contributed by atoms with Gasteiger partial charge in [-0.25, -0.2) is 0 Å². The third-order valence-corrected chi connectivity index (χ3v) is 3.13. The van der Waals surface area contributed by atoms with Gasteiger partial charge in [0.25, 0.3) is 5.91 Å². The molecular formula is C17H20N2O. The first-order valence-electron chi connectivity index (χ1n) is 6.76. The van der Waals surface area contributed by atoms with Crippen molar-refractivity contribution in [3.63, 3.8) is 0 Å². The van der Waals surface area contributed by atoms with E-state index >= 15 is 0 Å². The van der Waals surface area contributed by atoms with Gasteiger partial charge in [0, 0.05) is 17.8 Å². The zero-order chi connectivity index (χ0) is 14.4. The maximum absolute atomic E-state index is 12.2. The van der Waals surface area contributed by atoms with Crippen molar-refractivity contribution in [3.05, 3.63) is 65.7 Å². The Morgan fingerprint density at radius 1 is 1.00 bits per heavy atom. The number of nitrogens with one attached hydrogen (secondary N) is 1. The minimum absolute atomic E-state index is 0.0668. The zero-order valence-corrected chi connectivity index (χ0v) is 12.0. The molecule has 0 atom stereocenters. The number of nitrogens with zero attached hydrogens (tertiary/aromatic N) is 1. The molecule has 3 heteroatoms. The SMILES string of the molecule is CN(C)CCc1ccccc1NC(=O)c1ccccc1. The molecule has 0 saturated carbocycles. The van der Waals surface area contributed by atoms with E-state index in [1.807, 2.05) is 62.6 Å². The standard InChI is InChI=1S/C17H20N2O/c1-19(2)13-12-14-8-6-7-11-16(14)18-17(20)15-9-4-3-5-10-15/h3-11H,12-13H2,1-2H3,(H,18,20). The molecule has 0 bridgehead atoms. The summed E-state index contributed by atoms with van der Waals surface area (Å²) in [6.07, 6.45) is 0.915. The van der Waals surface area contributed by atoms with Crippen LogP contribution in [0.1, 0.15) is 15.9 Å². The van der Waals surface area contributed by atoms with Crippen molar-refractivity contribution in [2.75, 3.05) is 26.0 Å². The maximum Gasteiger partial charge on any atom is 0.255 e. The molecule has 0 saturated heterocycles. The molecule has 0 spiro atoms. The van der Waals surface area contributed by atoms with E-state index in [0.717, 1.165) is 24.2 Å². The van der Waals surface area contributed by atoms with Crippen LogP contribution < -0.4 is 5.32 Å². The summed E-state index contributed by atoms with van der Waals surface area (Å²) in [5.41, 5.74) is 2.73. The van der Waals surface area contributed by atoms with Crippen molar-refractivity contribution in [2.24, 2.45) is 0 Å². The predicted octanol–water partition coefficient (Wildman–Crippen LogP) is 3.04. The number of hydrogen-bond acceptors (Lipinski definition) is 2. The molecule has 2 rings (SSSR count). The van der Waals surface area contributed by atoms with Crippen molar-refractivity contribution in [1.29, 1.82) is 0 Å².